The Kier molecular flexibility index (Phi) is 7.26. The van der Waals surface area contributed by atoms with E-state index in [1.807, 2.05) is 13.8 Å². The molecule has 1 aromatic heterocycles. The molecule has 0 spiro atoms. The lowest BCUT2D eigenvalue weighted by atomic mass is 10.1. The Balaban J connectivity index is 2.57. The monoisotopic (exact) mass is 329 g/mol. The first kappa shape index (κ1) is 18.4. The van der Waals surface area contributed by atoms with E-state index in [0.717, 1.165) is 4.88 Å². The molecule has 2 N–H and O–H groups in total. The molecule has 2 amide bonds. The largest absolute Gasteiger partial charge is 0.480 e. The molecule has 7 nitrogen and oxygen atoms in total. The van der Waals surface area contributed by atoms with Gasteiger partial charge in [0.2, 0.25) is 0 Å². The Hall–Kier alpha value is -1.67. The zero-order chi connectivity index (χ0) is 16.7. The number of nitrogens with zero attached hydrogens (tertiary/aromatic N) is 2. The van der Waals surface area contributed by atoms with Crippen LogP contribution in [0.15, 0.2) is 11.7 Å². The molecule has 0 aliphatic carbocycles. The van der Waals surface area contributed by atoms with Crippen molar-refractivity contribution in [3.8, 4) is 0 Å². The Labute approximate surface area is 134 Å². The van der Waals surface area contributed by atoms with Crippen molar-refractivity contribution in [3.05, 3.63) is 16.6 Å². The van der Waals surface area contributed by atoms with Gasteiger partial charge in [-0.1, -0.05) is 13.8 Å². The number of carbonyl (C=O) groups is 2. The minimum absolute atomic E-state index is 0.293. The van der Waals surface area contributed by atoms with Crippen LogP contribution in [0.4, 0.5) is 4.79 Å². The number of amides is 2. The van der Waals surface area contributed by atoms with Crippen molar-refractivity contribution in [1.29, 1.82) is 0 Å². The number of carboxylic acids is 1. The van der Waals surface area contributed by atoms with Crippen molar-refractivity contribution in [3.63, 3.8) is 0 Å². The van der Waals surface area contributed by atoms with E-state index in [-0.39, 0.29) is 0 Å². The van der Waals surface area contributed by atoms with E-state index in [4.69, 9.17) is 4.74 Å². The molecule has 1 aromatic rings. The van der Waals surface area contributed by atoms with Crippen molar-refractivity contribution in [2.75, 3.05) is 13.7 Å². The summed E-state index contributed by atoms with van der Waals surface area (Å²) < 4.78 is 5.49. The van der Waals surface area contributed by atoms with Crippen molar-refractivity contribution >= 4 is 23.3 Å². The van der Waals surface area contributed by atoms with E-state index >= 15 is 0 Å². The zero-order valence-corrected chi connectivity index (χ0v) is 14.1. The maximum Gasteiger partial charge on any atom is 0.328 e. The summed E-state index contributed by atoms with van der Waals surface area (Å²) in [6.45, 7) is 6.42. The van der Waals surface area contributed by atoms with E-state index in [9.17, 15) is 14.7 Å². The van der Waals surface area contributed by atoms with Gasteiger partial charge in [0.15, 0.2) is 6.04 Å². The lowest BCUT2D eigenvalue weighted by Gasteiger charge is -2.25. The first-order chi connectivity index (χ1) is 10.3. The first-order valence-corrected chi connectivity index (χ1v) is 7.92. The Morgan fingerprint density at radius 2 is 2.14 bits per heavy atom. The predicted octanol–water partition coefficient (Wildman–Crippen LogP) is 1.80. The maximum absolute atomic E-state index is 12.1. The number of hydrogen-bond acceptors (Lipinski definition) is 5. The molecular formula is C14H23N3O4S. The van der Waals surface area contributed by atoms with Gasteiger partial charge >= 0.3 is 12.0 Å². The number of thiazole rings is 1. The smallest absolute Gasteiger partial charge is 0.328 e. The summed E-state index contributed by atoms with van der Waals surface area (Å²) in [5.41, 5.74) is 1.68. The Morgan fingerprint density at radius 1 is 1.45 bits per heavy atom. The van der Waals surface area contributed by atoms with Crippen LogP contribution in [0.5, 0.6) is 0 Å². The van der Waals surface area contributed by atoms with Crippen LogP contribution in [0.1, 0.15) is 25.6 Å². The minimum atomic E-state index is -1.12. The van der Waals surface area contributed by atoms with E-state index in [1.165, 1.54) is 16.2 Å². The average Bonchev–Trinajstić information content (AvgIpc) is 2.94. The van der Waals surface area contributed by atoms with Gasteiger partial charge in [0, 0.05) is 24.7 Å². The van der Waals surface area contributed by atoms with Crippen LogP contribution in [0, 0.1) is 5.92 Å². The van der Waals surface area contributed by atoms with Gasteiger partial charge < -0.3 is 20.1 Å². The Morgan fingerprint density at radius 3 is 2.64 bits per heavy atom. The van der Waals surface area contributed by atoms with Gasteiger partial charge in [0.1, 0.15) is 0 Å². The van der Waals surface area contributed by atoms with Crippen LogP contribution in [-0.2, 0) is 16.1 Å². The van der Waals surface area contributed by atoms with Crippen LogP contribution in [-0.4, -0.2) is 52.8 Å². The normalized spacial score (nSPS) is 13.7. The van der Waals surface area contributed by atoms with Gasteiger partial charge in [-0.05, 0) is 12.8 Å². The number of carboxylic acid groups (broad SMARTS) is 1. The molecule has 1 unspecified atom stereocenters. The second-order valence-corrected chi connectivity index (χ2v) is 6.49. The first-order valence-electron chi connectivity index (χ1n) is 7.04. The summed E-state index contributed by atoms with van der Waals surface area (Å²) in [5.74, 6) is -0.822. The highest BCUT2D eigenvalue weighted by Gasteiger charge is 2.28. The number of nitrogens with one attached hydrogen (secondary N) is 1. The molecule has 8 heteroatoms. The van der Waals surface area contributed by atoms with Gasteiger partial charge in [-0.2, -0.15) is 0 Å². The van der Waals surface area contributed by atoms with Gasteiger partial charge in [-0.3, -0.25) is 4.98 Å². The number of aromatic nitrogens is 1. The third kappa shape index (κ3) is 5.98. The highest BCUT2D eigenvalue weighted by Crippen LogP contribution is 2.09. The minimum Gasteiger partial charge on any atom is -0.480 e. The van der Waals surface area contributed by atoms with Crippen molar-refractivity contribution in [2.24, 2.45) is 5.92 Å². The quantitative estimate of drug-likeness (QED) is 0.759. The SMILES string of the molecule is CC(C)COC(C)[C@H](NC(=O)N(C)Cc1cncs1)C(=O)O. The van der Waals surface area contributed by atoms with Crippen molar-refractivity contribution in [2.45, 2.75) is 39.5 Å². The highest BCUT2D eigenvalue weighted by atomic mass is 32.1. The molecule has 0 saturated heterocycles. The summed E-state index contributed by atoms with van der Waals surface area (Å²) in [5, 5.41) is 11.8. The van der Waals surface area contributed by atoms with Crippen LogP contribution in [0.3, 0.4) is 0 Å². The molecule has 0 bridgehead atoms. The molecule has 1 rings (SSSR count). The molecule has 0 aromatic carbocycles. The van der Waals surface area contributed by atoms with Gasteiger partial charge in [0.25, 0.3) is 0 Å². The number of ether oxygens (including phenoxy) is 1. The molecule has 22 heavy (non-hydrogen) atoms. The molecule has 0 radical (unpaired) electrons. The fraction of sp³-hybridized carbons (Fsp3) is 0.643. The second kappa shape index (κ2) is 8.70. The third-order valence-corrected chi connectivity index (χ3v) is 3.69. The standard InChI is InChI=1S/C14H23N3O4S/c1-9(2)7-21-10(3)12(13(18)19)16-14(20)17(4)6-11-5-15-8-22-11/h5,8-10,12H,6-7H2,1-4H3,(H,16,20)(H,18,19)/t10?,12-/m0/s1. The number of carbonyl (C=O) groups excluding carboxylic acids is 1. The average molecular weight is 329 g/mol. The second-order valence-electron chi connectivity index (χ2n) is 5.52. The molecule has 0 saturated carbocycles. The molecule has 0 fully saturated rings. The predicted molar refractivity (Wildman–Crippen MR) is 83.8 cm³/mol. The maximum atomic E-state index is 12.1. The van der Waals surface area contributed by atoms with Gasteiger partial charge in [-0.15, -0.1) is 11.3 Å². The van der Waals surface area contributed by atoms with Crippen molar-refractivity contribution < 1.29 is 19.4 Å². The summed E-state index contributed by atoms with van der Waals surface area (Å²) in [4.78, 5) is 29.7. The third-order valence-electron chi connectivity index (χ3n) is 2.93. The Bertz CT molecular complexity index is 478. The summed E-state index contributed by atoms with van der Waals surface area (Å²) in [6.07, 6.45) is 1.07. The summed E-state index contributed by atoms with van der Waals surface area (Å²) in [7, 11) is 1.60. The lowest BCUT2D eigenvalue weighted by Crippen LogP contribution is -2.52. The fourth-order valence-electron chi connectivity index (χ4n) is 1.69. The molecule has 0 aliphatic rings. The van der Waals surface area contributed by atoms with E-state index in [2.05, 4.69) is 10.3 Å². The van der Waals surface area contributed by atoms with Crippen LogP contribution in [0.2, 0.25) is 0 Å². The molecular weight excluding hydrogens is 306 g/mol. The molecule has 124 valence electrons. The number of hydrogen-bond donors (Lipinski definition) is 2. The van der Waals surface area contributed by atoms with Gasteiger partial charge in [0.05, 0.1) is 18.2 Å². The van der Waals surface area contributed by atoms with E-state index in [1.54, 1.807) is 25.7 Å². The number of rotatable bonds is 8. The topological polar surface area (TPSA) is 91.8 Å². The van der Waals surface area contributed by atoms with Crippen LogP contribution < -0.4 is 5.32 Å². The van der Waals surface area contributed by atoms with Crippen LogP contribution in [0.25, 0.3) is 0 Å². The molecule has 0 aliphatic heterocycles. The summed E-state index contributed by atoms with van der Waals surface area (Å²) in [6, 6.07) is -1.55. The van der Waals surface area contributed by atoms with Gasteiger partial charge in [-0.25, -0.2) is 9.59 Å². The molecule has 2 atom stereocenters. The van der Waals surface area contributed by atoms with Crippen molar-refractivity contribution in [1.82, 2.24) is 15.2 Å². The zero-order valence-electron chi connectivity index (χ0n) is 13.3. The van der Waals surface area contributed by atoms with Crippen LogP contribution >= 0.6 is 11.3 Å². The van der Waals surface area contributed by atoms with E-state index < -0.39 is 24.1 Å². The summed E-state index contributed by atoms with van der Waals surface area (Å²) >= 11 is 1.44. The number of urea groups is 1. The molecule has 1 heterocycles. The van der Waals surface area contributed by atoms with E-state index in [0.29, 0.717) is 19.1 Å². The number of aliphatic carboxylic acids is 1. The lowest BCUT2D eigenvalue weighted by molar-refractivity contribution is -0.143. The fourth-order valence-corrected chi connectivity index (χ4v) is 2.34. The highest BCUT2D eigenvalue weighted by molar-refractivity contribution is 7.09.